The second-order valence-corrected chi connectivity index (χ2v) is 5.28. The Kier molecular flexibility index (Phi) is 4.58. The molecule has 0 unspecified atom stereocenters. The lowest BCUT2D eigenvalue weighted by Gasteiger charge is -2.31. The van der Waals surface area contributed by atoms with Gasteiger partial charge in [0.1, 0.15) is 0 Å². The minimum atomic E-state index is -4.43. The summed E-state index contributed by atoms with van der Waals surface area (Å²) in [6, 6.07) is 4.57. The van der Waals surface area contributed by atoms with Crippen molar-refractivity contribution in [1.82, 2.24) is 4.90 Å². The zero-order valence-corrected chi connectivity index (χ0v) is 11.5. The SMILES string of the molecule is O=C(c1cccc(C(F)(F)F)c1)N1CCC(CCl)CC1. The number of hydrogen-bond donors (Lipinski definition) is 0. The van der Waals surface area contributed by atoms with E-state index in [0.29, 0.717) is 24.9 Å². The molecule has 1 aromatic carbocycles. The molecule has 1 aliphatic heterocycles. The van der Waals surface area contributed by atoms with Crippen molar-refractivity contribution in [2.24, 2.45) is 5.92 Å². The molecule has 2 rings (SSSR count). The van der Waals surface area contributed by atoms with Crippen LogP contribution in [0.1, 0.15) is 28.8 Å². The molecule has 1 saturated heterocycles. The van der Waals surface area contributed by atoms with Gasteiger partial charge in [-0.25, -0.2) is 0 Å². The fourth-order valence-corrected chi connectivity index (χ4v) is 2.61. The van der Waals surface area contributed by atoms with Crippen LogP contribution in [0.2, 0.25) is 0 Å². The van der Waals surface area contributed by atoms with E-state index in [0.717, 1.165) is 25.0 Å². The maximum atomic E-state index is 12.6. The van der Waals surface area contributed by atoms with E-state index in [4.69, 9.17) is 11.6 Å². The highest BCUT2D eigenvalue weighted by Crippen LogP contribution is 2.30. The third-order valence-corrected chi connectivity index (χ3v) is 3.99. The van der Waals surface area contributed by atoms with Gasteiger partial charge >= 0.3 is 6.18 Å². The Bertz CT molecular complexity index is 482. The van der Waals surface area contributed by atoms with E-state index in [1.54, 1.807) is 4.90 Å². The number of hydrogen-bond acceptors (Lipinski definition) is 1. The van der Waals surface area contributed by atoms with Crippen LogP contribution in [-0.2, 0) is 6.18 Å². The van der Waals surface area contributed by atoms with Gasteiger partial charge in [0.2, 0.25) is 0 Å². The van der Waals surface area contributed by atoms with Gasteiger partial charge in [0, 0.05) is 24.5 Å². The molecule has 0 N–H and O–H groups in total. The summed E-state index contributed by atoms with van der Waals surface area (Å²) in [6.45, 7) is 1.10. The number of amides is 1. The first-order valence-corrected chi connectivity index (χ1v) is 6.98. The zero-order chi connectivity index (χ0) is 14.8. The Morgan fingerprint density at radius 3 is 2.50 bits per heavy atom. The van der Waals surface area contributed by atoms with Crippen molar-refractivity contribution < 1.29 is 18.0 Å². The molecule has 2 nitrogen and oxygen atoms in total. The fraction of sp³-hybridized carbons (Fsp3) is 0.500. The molecule has 1 aromatic rings. The van der Waals surface area contributed by atoms with Gasteiger partial charge in [-0.15, -0.1) is 11.6 Å². The molecule has 0 atom stereocenters. The monoisotopic (exact) mass is 305 g/mol. The van der Waals surface area contributed by atoms with Crippen LogP contribution < -0.4 is 0 Å². The van der Waals surface area contributed by atoms with E-state index in [9.17, 15) is 18.0 Å². The number of carbonyl (C=O) groups excluding carboxylic acids is 1. The highest BCUT2D eigenvalue weighted by molar-refractivity contribution is 6.18. The van der Waals surface area contributed by atoms with E-state index in [-0.39, 0.29) is 11.5 Å². The number of piperidine rings is 1. The summed E-state index contributed by atoms with van der Waals surface area (Å²) in [6.07, 6.45) is -2.83. The van der Waals surface area contributed by atoms with Crippen molar-refractivity contribution >= 4 is 17.5 Å². The third-order valence-electron chi connectivity index (χ3n) is 3.56. The Labute approximate surface area is 120 Å². The number of halogens is 4. The lowest BCUT2D eigenvalue weighted by Crippen LogP contribution is -2.38. The molecule has 0 saturated carbocycles. The summed E-state index contributed by atoms with van der Waals surface area (Å²) in [5.74, 6) is 0.609. The summed E-state index contributed by atoms with van der Waals surface area (Å²) in [5, 5.41) is 0. The van der Waals surface area contributed by atoms with Crippen molar-refractivity contribution in [2.45, 2.75) is 19.0 Å². The molecule has 1 amide bonds. The van der Waals surface area contributed by atoms with Crippen LogP contribution >= 0.6 is 11.6 Å². The predicted molar refractivity (Wildman–Crippen MR) is 70.8 cm³/mol. The van der Waals surface area contributed by atoms with E-state index in [2.05, 4.69) is 0 Å². The summed E-state index contributed by atoms with van der Waals surface area (Å²) in [7, 11) is 0. The Hall–Kier alpha value is -1.23. The highest BCUT2D eigenvalue weighted by atomic mass is 35.5. The van der Waals surface area contributed by atoms with Gasteiger partial charge in [0.05, 0.1) is 5.56 Å². The summed E-state index contributed by atoms with van der Waals surface area (Å²) >= 11 is 5.77. The van der Waals surface area contributed by atoms with Crippen LogP contribution in [0.25, 0.3) is 0 Å². The number of rotatable bonds is 2. The molecule has 1 aliphatic rings. The molecule has 0 bridgehead atoms. The lowest BCUT2D eigenvalue weighted by atomic mass is 9.98. The first-order valence-electron chi connectivity index (χ1n) is 6.44. The first kappa shape index (κ1) is 15.2. The number of nitrogens with zero attached hydrogens (tertiary/aromatic N) is 1. The van der Waals surface area contributed by atoms with E-state index in [1.807, 2.05) is 0 Å². The van der Waals surface area contributed by atoms with Gasteiger partial charge < -0.3 is 4.90 Å². The van der Waals surface area contributed by atoms with E-state index >= 15 is 0 Å². The van der Waals surface area contributed by atoms with Crippen LogP contribution in [0.5, 0.6) is 0 Å². The lowest BCUT2D eigenvalue weighted by molar-refractivity contribution is -0.137. The number of likely N-dealkylation sites (tertiary alicyclic amines) is 1. The smallest absolute Gasteiger partial charge is 0.339 e. The highest BCUT2D eigenvalue weighted by Gasteiger charge is 2.31. The second kappa shape index (κ2) is 6.04. The Morgan fingerprint density at radius 2 is 1.95 bits per heavy atom. The molecular weight excluding hydrogens is 291 g/mol. The molecule has 6 heteroatoms. The predicted octanol–water partition coefficient (Wildman–Crippen LogP) is 3.80. The summed E-state index contributed by atoms with van der Waals surface area (Å²) in [4.78, 5) is 13.8. The quantitative estimate of drug-likeness (QED) is 0.761. The van der Waals surface area contributed by atoms with Gasteiger partial charge in [-0.05, 0) is 37.0 Å². The Morgan fingerprint density at radius 1 is 1.30 bits per heavy atom. The molecule has 0 aliphatic carbocycles. The normalized spacial score (nSPS) is 17.3. The minimum absolute atomic E-state index is 0.0872. The van der Waals surface area contributed by atoms with E-state index in [1.165, 1.54) is 12.1 Å². The Balaban J connectivity index is 2.10. The van der Waals surface area contributed by atoms with Gasteiger partial charge in [-0.1, -0.05) is 6.07 Å². The molecular formula is C14H15ClF3NO. The van der Waals surface area contributed by atoms with Crippen molar-refractivity contribution in [3.63, 3.8) is 0 Å². The number of alkyl halides is 4. The second-order valence-electron chi connectivity index (χ2n) is 4.97. The molecule has 0 spiro atoms. The standard InChI is InChI=1S/C14H15ClF3NO/c15-9-10-4-6-19(7-5-10)13(20)11-2-1-3-12(8-11)14(16,17)18/h1-3,8,10H,4-7,9H2. The van der Waals surface area contributed by atoms with Crippen LogP contribution in [-0.4, -0.2) is 29.8 Å². The van der Waals surface area contributed by atoms with Gasteiger partial charge in [-0.2, -0.15) is 13.2 Å². The van der Waals surface area contributed by atoms with Gasteiger partial charge in [-0.3, -0.25) is 4.79 Å². The molecule has 0 aromatic heterocycles. The third kappa shape index (κ3) is 3.45. The maximum Gasteiger partial charge on any atom is 0.416 e. The average molecular weight is 306 g/mol. The molecule has 0 radical (unpaired) electrons. The van der Waals surface area contributed by atoms with Crippen LogP contribution in [0.15, 0.2) is 24.3 Å². The minimum Gasteiger partial charge on any atom is -0.339 e. The number of carbonyl (C=O) groups is 1. The van der Waals surface area contributed by atoms with Crippen molar-refractivity contribution in [3.8, 4) is 0 Å². The summed E-state index contributed by atoms with van der Waals surface area (Å²) in [5.41, 5.74) is -0.705. The molecule has 20 heavy (non-hydrogen) atoms. The van der Waals surface area contributed by atoms with Gasteiger partial charge in [0.25, 0.3) is 5.91 Å². The largest absolute Gasteiger partial charge is 0.416 e. The van der Waals surface area contributed by atoms with Crippen molar-refractivity contribution in [1.29, 1.82) is 0 Å². The van der Waals surface area contributed by atoms with Crippen molar-refractivity contribution in [3.05, 3.63) is 35.4 Å². The van der Waals surface area contributed by atoms with Crippen LogP contribution in [0, 0.1) is 5.92 Å². The molecule has 110 valence electrons. The van der Waals surface area contributed by atoms with Crippen molar-refractivity contribution in [2.75, 3.05) is 19.0 Å². The van der Waals surface area contributed by atoms with Gasteiger partial charge in [0.15, 0.2) is 0 Å². The van der Waals surface area contributed by atoms with E-state index < -0.39 is 11.7 Å². The topological polar surface area (TPSA) is 20.3 Å². The maximum absolute atomic E-state index is 12.6. The summed E-state index contributed by atoms with van der Waals surface area (Å²) < 4.78 is 37.9. The molecule has 1 fully saturated rings. The van der Waals surface area contributed by atoms with Crippen LogP contribution in [0.4, 0.5) is 13.2 Å². The fourth-order valence-electron chi connectivity index (χ4n) is 2.30. The zero-order valence-electron chi connectivity index (χ0n) is 10.8. The first-order chi connectivity index (χ1) is 9.41. The average Bonchev–Trinajstić information content (AvgIpc) is 2.46. The molecule has 1 heterocycles. The number of benzene rings is 1. The van der Waals surface area contributed by atoms with Crippen LogP contribution in [0.3, 0.4) is 0 Å².